The third kappa shape index (κ3) is 3.70. The minimum atomic E-state index is -0.556. The highest BCUT2D eigenvalue weighted by atomic mass is 16.6. The Morgan fingerprint density at radius 1 is 1.59 bits per heavy atom. The van der Waals surface area contributed by atoms with Crippen LogP contribution in [0.3, 0.4) is 0 Å². The van der Waals surface area contributed by atoms with Crippen LogP contribution in [0.15, 0.2) is 12.3 Å². The standard InChI is InChI=1S/C10H13N5O2/c11-3-1-2-4-13-10-9(15(16)17)5-8(6-12)7-14-10/h5,7H,1-4,11H2,(H,13,14). The average Bonchev–Trinajstić information content (AvgIpc) is 2.34. The van der Waals surface area contributed by atoms with Crippen LogP contribution in [0.1, 0.15) is 18.4 Å². The molecule has 0 spiro atoms. The number of hydrogen-bond acceptors (Lipinski definition) is 6. The summed E-state index contributed by atoms with van der Waals surface area (Å²) >= 11 is 0. The second-order valence-electron chi connectivity index (χ2n) is 3.38. The fourth-order valence-corrected chi connectivity index (χ4v) is 1.27. The van der Waals surface area contributed by atoms with Gasteiger partial charge in [-0.3, -0.25) is 10.1 Å². The number of anilines is 1. The molecule has 0 aliphatic carbocycles. The van der Waals surface area contributed by atoms with Crippen LogP contribution in [0.2, 0.25) is 0 Å². The summed E-state index contributed by atoms with van der Waals surface area (Å²) in [7, 11) is 0. The zero-order valence-electron chi connectivity index (χ0n) is 9.22. The van der Waals surface area contributed by atoms with E-state index < -0.39 is 4.92 Å². The van der Waals surface area contributed by atoms with Crippen LogP contribution in [0.5, 0.6) is 0 Å². The van der Waals surface area contributed by atoms with Gasteiger partial charge in [-0.2, -0.15) is 5.26 Å². The minimum Gasteiger partial charge on any atom is -0.364 e. The molecule has 90 valence electrons. The lowest BCUT2D eigenvalue weighted by Crippen LogP contribution is -2.08. The molecule has 0 saturated carbocycles. The SMILES string of the molecule is N#Cc1cnc(NCCCCN)c([N+](=O)[O-])c1. The van der Waals surface area contributed by atoms with Gasteiger partial charge in [-0.05, 0) is 19.4 Å². The van der Waals surface area contributed by atoms with Crippen molar-refractivity contribution in [3.8, 4) is 6.07 Å². The van der Waals surface area contributed by atoms with Crippen molar-refractivity contribution in [2.24, 2.45) is 5.73 Å². The first-order valence-electron chi connectivity index (χ1n) is 5.17. The van der Waals surface area contributed by atoms with Crippen LogP contribution >= 0.6 is 0 Å². The van der Waals surface area contributed by atoms with E-state index in [0.717, 1.165) is 12.8 Å². The van der Waals surface area contributed by atoms with Crippen molar-refractivity contribution in [2.75, 3.05) is 18.4 Å². The largest absolute Gasteiger partial charge is 0.364 e. The number of nitrogens with zero attached hydrogens (tertiary/aromatic N) is 3. The number of nitriles is 1. The summed E-state index contributed by atoms with van der Waals surface area (Å²) in [6.45, 7) is 1.15. The van der Waals surface area contributed by atoms with E-state index in [2.05, 4.69) is 10.3 Å². The van der Waals surface area contributed by atoms with Crippen LogP contribution in [0.25, 0.3) is 0 Å². The molecule has 7 nitrogen and oxygen atoms in total. The van der Waals surface area contributed by atoms with Gasteiger partial charge in [-0.15, -0.1) is 0 Å². The number of nitrogens with one attached hydrogen (secondary N) is 1. The monoisotopic (exact) mass is 235 g/mol. The van der Waals surface area contributed by atoms with E-state index in [-0.39, 0.29) is 17.1 Å². The van der Waals surface area contributed by atoms with Crippen molar-refractivity contribution >= 4 is 11.5 Å². The van der Waals surface area contributed by atoms with Gasteiger partial charge in [0.1, 0.15) is 6.07 Å². The highest BCUT2D eigenvalue weighted by molar-refractivity contribution is 5.58. The van der Waals surface area contributed by atoms with E-state index in [1.54, 1.807) is 0 Å². The van der Waals surface area contributed by atoms with Gasteiger partial charge in [0.15, 0.2) is 0 Å². The summed E-state index contributed by atoms with van der Waals surface area (Å²) in [4.78, 5) is 14.1. The Morgan fingerprint density at radius 3 is 2.94 bits per heavy atom. The molecule has 1 aromatic heterocycles. The molecule has 1 rings (SSSR count). The normalized spacial score (nSPS) is 9.65. The smallest absolute Gasteiger partial charge is 0.312 e. The number of nitro groups is 1. The van der Waals surface area contributed by atoms with Gasteiger partial charge in [-0.25, -0.2) is 4.98 Å². The molecule has 3 N–H and O–H groups in total. The summed E-state index contributed by atoms with van der Waals surface area (Å²) in [5.74, 6) is 0.186. The molecule has 0 saturated heterocycles. The Bertz CT molecular complexity index is 441. The molecule has 0 atom stereocenters. The van der Waals surface area contributed by atoms with Crippen LogP contribution in [-0.2, 0) is 0 Å². The van der Waals surface area contributed by atoms with Gasteiger partial charge >= 0.3 is 5.69 Å². The zero-order chi connectivity index (χ0) is 12.7. The quantitative estimate of drug-likeness (QED) is 0.431. The summed E-state index contributed by atoms with van der Waals surface area (Å²) in [5, 5.41) is 22.3. The lowest BCUT2D eigenvalue weighted by molar-refractivity contribution is -0.384. The molecule has 1 aromatic rings. The molecule has 0 aromatic carbocycles. The number of pyridine rings is 1. The highest BCUT2D eigenvalue weighted by Crippen LogP contribution is 2.22. The van der Waals surface area contributed by atoms with Crippen molar-refractivity contribution < 1.29 is 4.92 Å². The molecule has 0 aliphatic heterocycles. The first-order valence-corrected chi connectivity index (χ1v) is 5.17. The summed E-state index contributed by atoms with van der Waals surface area (Å²) in [6, 6.07) is 3.02. The fourth-order valence-electron chi connectivity index (χ4n) is 1.27. The van der Waals surface area contributed by atoms with E-state index in [9.17, 15) is 10.1 Å². The molecule has 0 aliphatic rings. The van der Waals surface area contributed by atoms with Crippen molar-refractivity contribution in [2.45, 2.75) is 12.8 Å². The molecule has 0 fully saturated rings. The van der Waals surface area contributed by atoms with Crippen molar-refractivity contribution in [1.29, 1.82) is 5.26 Å². The second kappa shape index (κ2) is 6.40. The number of hydrogen-bond donors (Lipinski definition) is 2. The Morgan fingerprint density at radius 2 is 2.35 bits per heavy atom. The molecule has 1 heterocycles. The molecular formula is C10H13N5O2. The van der Waals surface area contributed by atoms with E-state index in [1.807, 2.05) is 6.07 Å². The maximum atomic E-state index is 10.8. The van der Waals surface area contributed by atoms with Crippen LogP contribution < -0.4 is 11.1 Å². The second-order valence-corrected chi connectivity index (χ2v) is 3.38. The van der Waals surface area contributed by atoms with Crippen LogP contribution in [0, 0.1) is 21.4 Å². The lowest BCUT2D eigenvalue weighted by atomic mass is 10.2. The van der Waals surface area contributed by atoms with Crippen molar-refractivity contribution in [3.05, 3.63) is 27.9 Å². The van der Waals surface area contributed by atoms with Gasteiger partial charge in [-0.1, -0.05) is 0 Å². The zero-order valence-corrected chi connectivity index (χ0v) is 9.22. The number of nitrogens with two attached hydrogens (primary N) is 1. The van der Waals surface area contributed by atoms with Gasteiger partial charge in [0.05, 0.1) is 10.5 Å². The Kier molecular flexibility index (Phi) is 4.84. The average molecular weight is 235 g/mol. The topological polar surface area (TPSA) is 118 Å². The predicted molar refractivity (Wildman–Crippen MR) is 62.4 cm³/mol. The van der Waals surface area contributed by atoms with Gasteiger partial charge in [0, 0.05) is 18.8 Å². The molecule has 0 unspecified atom stereocenters. The number of aromatic nitrogens is 1. The summed E-state index contributed by atoms with van der Waals surface area (Å²) in [5.41, 5.74) is 5.32. The van der Waals surface area contributed by atoms with Crippen molar-refractivity contribution in [3.63, 3.8) is 0 Å². The maximum absolute atomic E-state index is 10.8. The third-order valence-electron chi connectivity index (χ3n) is 2.12. The number of rotatable bonds is 6. The molecule has 7 heteroatoms. The van der Waals surface area contributed by atoms with E-state index in [4.69, 9.17) is 11.0 Å². The molecule has 0 radical (unpaired) electrons. The predicted octanol–water partition coefficient (Wildman–Crippen LogP) is 1.01. The van der Waals surface area contributed by atoms with Gasteiger partial charge < -0.3 is 11.1 Å². The molecule has 0 amide bonds. The molecule has 17 heavy (non-hydrogen) atoms. The Balaban J connectivity index is 2.77. The third-order valence-corrected chi connectivity index (χ3v) is 2.12. The first-order chi connectivity index (χ1) is 8.19. The van der Waals surface area contributed by atoms with E-state index in [0.29, 0.717) is 13.1 Å². The number of unbranched alkanes of at least 4 members (excludes halogenated alkanes) is 1. The Labute approximate surface area is 98.4 Å². The maximum Gasteiger partial charge on any atom is 0.312 e. The molecule has 0 bridgehead atoms. The fraction of sp³-hybridized carbons (Fsp3) is 0.400. The van der Waals surface area contributed by atoms with Crippen LogP contribution in [-0.4, -0.2) is 23.0 Å². The molecular weight excluding hydrogens is 222 g/mol. The summed E-state index contributed by atoms with van der Waals surface area (Å²) < 4.78 is 0. The van der Waals surface area contributed by atoms with Crippen molar-refractivity contribution in [1.82, 2.24) is 4.98 Å². The Hall–Kier alpha value is -2.20. The highest BCUT2D eigenvalue weighted by Gasteiger charge is 2.15. The first kappa shape index (κ1) is 12.9. The van der Waals surface area contributed by atoms with Crippen LogP contribution in [0.4, 0.5) is 11.5 Å². The lowest BCUT2D eigenvalue weighted by Gasteiger charge is -2.05. The van der Waals surface area contributed by atoms with Gasteiger partial charge in [0.25, 0.3) is 0 Å². The van der Waals surface area contributed by atoms with Gasteiger partial charge in [0.2, 0.25) is 5.82 Å². The minimum absolute atomic E-state index is 0.171. The summed E-state index contributed by atoms with van der Waals surface area (Å²) in [6.07, 6.45) is 2.96. The van der Waals surface area contributed by atoms with E-state index in [1.165, 1.54) is 12.3 Å². The van der Waals surface area contributed by atoms with E-state index >= 15 is 0 Å².